The highest BCUT2D eigenvalue weighted by Crippen LogP contribution is 2.48. The summed E-state index contributed by atoms with van der Waals surface area (Å²) >= 11 is 1.50. The van der Waals surface area contributed by atoms with Crippen molar-refractivity contribution in [2.45, 2.75) is 25.7 Å². The first kappa shape index (κ1) is 11.0. The van der Waals surface area contributed by atoms with Gasteiger partial charge in [0.15, 0.2) is 4.80 Å². The van der Waals surface area contributed by atoms with Gasteiger partial charge in [-0.05, 0) is 37.5 Å². The first-order valence-corrected chi connectivity index (χ1v) is 7.02. The number of aromatic nitrogens is 1. The molecular formula is C13H16N2OS. The maximum absolute atomic E-state index is 11.9. The van der Waals surface area contributed by atoms with Gasteiger partial charge in [-0.2, -0.15) is 4.99 Å². The van der Waals surface area contributed by atoms with E-state index in [0.29, 0.717) is 11.8 Å². The molecule has 4 heteroatoms. The number of rotatable bonds is 3. The lowest BCUT2D eigenvalue weighted by Crippen LogP contribution is -2.12. The van der Waals surface area contributed by atoms with Crippen molar-refractivity contribution in [1.29, 1.82) is 0 Å². The molecule has 0 aliphatic heterocycles. The fraction of sp³-hybridized carbons (Fsp3) is 0.538. The molecule has 0 aromatic carbocycles. The molecule has 0 bridgehead atoms. The molecule has 1 heterocycles. The summed E-state index contributed by atoms with van der Waals surface area (Å²) in [5.41, 5.74) is 1.37. The number of aryl methyl sites for hydroxylation is 1. The Balaban J connectivity index is 1.82. The van der Waals surface area contributed by atoms with E-state index in [4.69, 9.17) is 0 Å². The predicted molar refractivity (Wildman–Crippen MR) is 67.4 cm³/mol. The molecule has 0 saturated heterocycles. The van der Waals surface area contributed by atoms with Crippen LogP contribution in [-0.4, -0.2) is 10.5 Å². The zero-order chi connectivity index (χ0) is 11.8. The van der Waals surface area contributed by atoms with Crippen LogP contribution < -0.4 is 4.80 Å². The number of hydrogen-bond donors (Lipinski definition) is 0. The highest BCUT2D eigenvalue weighted by molar-refractivity contribution is 7.07. The van der Waals surface area contributed by atoms with Gasteiger partial charge >= 0.3 is 0 Å². The molecule has 1 amide bonds. The SMILES string of the molecule is Cn1ccsc1=NC(=O)C=C(C1CC1)C1CC1. The van der Waals surface area contributed by atoms with Crippen molar-refractivity contribution in [2.24, 2.45) is 23.9 Å². The van der Waals surface area contributed by atoms with Crippen molar-refractivity contribution in [1.82, 2.24) is 4.57 Å². The summed E-state index contributed by atoms with van der Waals surface area (Å²) in [4.78, 5) is 16.8. The smallest absolute Gasteiger partial charge is 0.272 e. The second-order valence-electron chi connectivity index (χ2n) is 4.94. The average molecular weight is 248 g/mol. The summed E-state index contributed by atoms with van der Waals surface area (Å²) in [6.07, 6.45) is 8.79. The minimum absolute atomic E-state index is 0.0863. The van der Waals surface area contributed by atoms with Crippen LogP contribution in [0.1, 0.15) is 25.7 Å². The fourth-order valence-electron chi connectivity index (χ4n) is 2.11. The molecule has 2 fully saturated rings. The van der Waals surface area contributed by atoms with E-state index in [2.05, 4.69) is 4.99 Å². The van der Waals surface area contributed by atoms with Crippen molar-refractivity contribution in [3.63, 3.8) is 0 Å². The van der Waals surface area contributed by atoms with Gasteiger partial charge in [-0.25, -0.2) is 0 Å². The molecule has 0 atom stereocenters. The van der Waals surface area contributed by atoms with E-state index in [0.717, 1.165) is 4.80 Å². The van der Waals surface area contributed by atoms with Gasteiger partial charge in [-0.15, -0.1) is 11.3 Å². The van der Waals surface area contributed by atoms with E-state index < -0.39 is 0 Å². The van der Waals surface area contributed by atoms with Crippen LogP contribution in [0.15, 0.2) is 28.2 Å². The van der Waals surface area contributed by atoms with Crippen molar-refractivity contribution in [3.05, 3.63) is 28.0 Å². The molecular weight excluding hydrogens is 232 g/mol. The molecule has 3 rings (SSSR count). The Labute approximate surface area is 105 Å². The second kappa shape index (κ2) is 4.26. The average Bonchev–Trinajstić information content (AvgIpc) is 3.19. The van der Waals surface area contributed by atoms with Gasteiger partial charge in [0.2, 0.25) is 0 Å². The fourth-order valence-corrected chi connectivity index (χ4v) is 2.84. The lowest BCUT2D eigenvalue weighted by molar-refractivity contribution is -0.113. The maximum Gasteiger partial charge on any atom is 0.272 e. The molecule has 17 heavy (non-hydrogen) atoms. The largest absolute Gasteiger partial charge is 0.327 e. The van der Waals surface area contributed by atoms with E-state index in [1.54, 1.807) is 6.08 Å². The third-order valence-corrected chi connectivity index (χ3v) is 4.20. The van der Waals surface area contributed by atoms with Gasteiger partial charge in [0, 0.05) is 24.7 Å². The predicted octanol–water partition coefficient (Wildman–Crippen LogP) is 2.26. The van der Waals surface area contributed by atoms with Crippen LogP contribution in [0.3, 0.4) is 0 Å². The summed E-state index contributed by atoms with van der Waals surface area (Å²) in [6, 6.07) is 0. The molecule has 0 N–H and O–H groups in total. The molecule has 1 aromatic rings. The second-order valence-corrected chi connectivity index (χ2v) is 5.81. The van der Waals surface area contributed by atoms with Gasteiger partial charge in [0.1, 0.15) is 0 Å². The lowest BCUT2D eigenvalue weighted by Gasteiger charge is -2.00. The molecule has 2 aliphatic carbocycles. The highest BCUT2D eigenvalue weighted by Gasteiger charge is 2.36. The number of hydrogen-bond acceptors (Lipinski definition) is 2. The molecule has 2 saturated carbocycles. The van der Waals surface area contributed by atoms with E-state index in [9.17, 15) is 4.79 Å². The minimum atomic E-state index is -0.0863. The van der Waals surface area contributed by atoms with Crippen LogP contribution in [0.4, 0.5) is 0 Å². The Bertz CT molecular complexity index is 516. The first-order chi connectivity index (χ1) is 8.24. The normalized spacial score (nSPS) is 20.4. The highest BCUT2D eigenvalue weighted by atomic mass is 32.1. The molecule has 2 aliphatic rings. The van der Waals surface area contributed by atoms with Gasteiger partial charge in [0.05, 0.1) is 0 Å². The Hall–Kier alpha value is -1.16. The lowest BCUT2D eigenvalue weighted by atomic mass is 10.1. The van der Waals surface area contributed by atoms with E-state index in [1.807, 2.05) is 23.2 Å². The number of carbonyl (C=O) groups excluding carboxylic acids is 1. The third-order valence-electron chi connectivity index (χ3n) is 3.35. The molecule has 0 unspecified atom stereocenters. The number of allylic oxidation sites excluding steroid dienone is 1. The quantitative estimate of drug-likeness (QED) is 0.756. The van der Waals surface area contributed by atoms with Gasteiger partial charge < -0.3 is 4.57 Å². The summed E-state index contributed by atoms with van der Waals surface area (Å²) in [5, 5.41) is 1.94. The van der Waals surface area contributed by atoms with Crippen LogP contribution in [-0.2, 0) is 11.8 Å². The summed E-state index contributed by atoms with van der Waals surface area (Å²) < 4.78 is 1.88. The topological polar surface area (TPSA) is 34.4 Å². The van der Waals surface area contributed by atoms with Gasteiger partial charge in [0.25, 0.3) is 5.91 Å². The van der Waals surface area contributed by atoms with E-state index in [1.165, 1.54) is 42.6 Å². The Morgan fingerprint density at radius 3 is 2.53 bits per heavy atom. The molecule has 1 aromatic heterocycles. The van der Waals surface area contributed by atoms with E-state index in [-0.39, 0.29) is 5.91 Å². The van der Waals surface area contributed by atoms with Crippen molar-refractivity contribution >= 4 is 17.2 Å². The third kappa shape index (κ3) is 2.57. The van der Waals surface area contributed by atoms with Crippen LogP contribution >= 0.6 is 11.3 Å². The number of carbonyl (C=O) groups is 1. The van der Waals surface area contributed by atoms with Crippen LogP contribution in [0.5, 0.6) is 0 Å². The molecule has 3 nitrogen and oxygen atoms in total. The summed E-state index contributed by atoms with van der Waals surface area (Å²) in [6.45, 7) is 0. The van der Waals surface area contributed by atoms with Gasteiger partial charge in [-0.3, -0.25) is 4.79 Å². The molecule has 0 radical (unpaired) electrons. The van der Waals surface area contributed by atoms with E-state index >= 15 is 0 Å². The Morgan fingerprint density at radius 1 is 1.41 bits per heavy atom. The molecule has 90 valence electrons. The summed E-state index contributed by atoms with van der Waals surface area (Å²) in [7, 11) is 1.91. The Morgan fingerprint density at radius 2 is 2.06 bits per heavy atom. The number of nitrogens with zero attached hydrogens (tertiary/aromatic N) is 2. The van der Waals surface area contributed by atoms with Crippen molar-refractivity contribution in [3.8, 4) is 0 Å². The number of amides is 1. The van der Waals surface area contributed by atoms with Crippen LogP contribution in [0.25, 0.3) is 0 Å². The minimum Gasteiger partial charge on any atom is -0.327 e. The Kier molecular flexibility index (Phi) is 2.74. The zero-order valence-electron chi connectivity index (χ0n) is 9.93. The first-order valence-electron chi connectivity index (χ1n) is 6.14. The maximum atomic E-state index is 11.9. The zero-order valence-corrected chi connectivity index (χ0v) is 10.7. The standard InChI is InChI=1S/C13H16N2OS/c1-15-6-7-17-13(15)14-12(16)8-11(9-2-3-9)10-4-5-10/h6-10H,2-5H2,1H3. The van der Waals surface area contributed by atoms with Crippen LogP contribution in [0.2, 0.25) is 0 Å². The molecule has 0 spiro atoms. The van der Waals surface area contributed by atoms with Gasteiger partial charge in [-0.1, -0.05) is 5.57 Å². The monoisotopic (exact) mass is 248 g/mol. The summed E-state index contributed by atoms with van der Waals surface area (Å²) in [5.74, 6) is 1.30. The number of thiazole rings is 1. The van der Waals surface area contributed by atoms with Crippen molar-refractivity contribution < 1.29 is 4.79 Å². The van der Waals surface area contributed by atoms with Crippen molar-refractivity contribution in [2.75, 3.05) is 0 Å². The van der Waals surface area contributed by atoms with Crippen LogP contribution in [0, 0.1) is 11.8 Å².